The van der Waals surface area contributed by atoms with Crippen molar-refractivity contribution in [2.24, 2.45) is 5.73 Å². The van der Waals surface area contributed by atoms with Gasteiger partial charge in [-0.3, -0.25) is 0 Å². The number of aromatic nitrogens is 1. The van der Waals surface area contributed by atoms with Gasteiger partial charge in [0.1, 0.15) is 15.9 Å². The fraction of sp³-hybridized carbons (Fsp3) is 0.214. The molecule has 19 heavy (non-hydrogen) atoms. The van der Waals surface area contributed by atoms with E-state index in [1.807, 2.05) is 31.2 Å². The van der Waals surface area contributed by atoms with Crippen LogP contribution in [0.15, 0.2) is 30.3 Å². The van der Waals surface area contributed by atoms with Gasteiger partial charge in [-0.2, -0.15) is 4.98 Å². The molecular weight excluding hydrogens is 283 g/mol. The molecule has 0 aliphatic rings. The van der Waals surface area contributed by atoms with Gasteiger partial charge in [0.05, 0.1) is 0 Å². The van der Waals surface area contributed by atoms with Crippen molar-refractivity contribution in [3.63, 3.8) is 0 Å². The van der Waals surface area contributed by atoms with Crippen molar-refractivity contribution in [1.29, 1.82) is 0 Å². The Morgan fingerprint density at radius 3 is 2.53 bits per heavy atom. The smallest absolute Gasteiger partial charge is 0.239 e. The van der Waals surface area contributed by atoms with Crippen molar-refractivity contribution >= 4 is 23.2 Å². The highest BCUT2D eigenvalue weighted by molar-refractivity contribution is 6.33. The summed E-state index contributed by atoms with van der Waals surface area (Å²) in [7, 11) is 0. The number of nitrogens with two attached hydrogens (primary N) is 1. The van der Waals surface area contributed by atoms with E-state index in [1.54, 1.807) is 6.07 Å². The second-order valence-electron chi connectivity index (χ2n) is 4.17. The maximum absolute atomic E-state index is 6.07. The Hall–Kier alpha value is -1.29. The summed E-state index contributed by atoms with van der Waals surface area (Å²) in [6, 6.07) is 9.38. The summed E-state index contributed by atoms with van der Waals surface area (Å²) in [4.78, 5) is 4.12. The molecule has 2 N–H and O–H groups in total. The van der Waals surface area contributed by atoms with Crippen LogP contribution in [0.3, 0.4) is 0 Å². The molecule has 0 saturated carbocycles. The lowest BCUT2D eigenvalue weighted by Gasteiger charge is -2.08. The molecule has 2 rings (SSSR count). The van der Waals surface area contributed by atoms with Crippen molar-refractivity contribution in [2.75, 3.05) is 6.54 Å². The van der Waals surface area contributed by atoms with Gasteiger partial charge >= 0.3 is 0 Å². The Morgan fingerprint density at radius 1 is 1.21 bits per heavy atom. The maximum atomic E-state index is 6.07. The van der Waals surface area contributed by atoms with E-state index in [4.69, 9.17) is 33.7 Å². The number of halogens is 2. The van der Waals surface area contributed by atoms with Gasteiger partial charge in [-0.05, 0) is 49.2 Å². The summed E-state index contributed by atoms with van der Waals surface area (Å²) < 4.78 is 5.62. The fourth-order valence-electron chi connectivity index (χ4n) is 1.62. The summed E-state index contributed by atoms with van der Waals surface area (Å²) in [5.74, 6) is 0.971. The van der Waals surface area contributed by atoms with Crippen molar-refractivity contribution in [3.8, 4) is 11.6 Å². The van der Waals surface area contributed by atoms with Crippen LogP contribution in [-0.4, -0.2) is 11.5 Å². The summed E-state index contributed by atoms with van der Waals surface area (Å²) >= 11 is 12.0. The zero-order valence-electron chi connectivity index (χ0n) is 10.5. The lowest BCUT2D eigenvalue weighted by atomic mass is 10.1. The summed E-state index contributed by atoms with van der Waals surface area (Å²) in [5.41, 5.74) is 7.48. The summed E-state index contributed by atoms with van der Waals surface area (Å²) in [5, 5.41) is 0.826. The average molecular weight is 297 g/mol. The van der Waals surface area contributed by atoms with Crippen LogP contribution in [-0.2, 0) is 6.42 Å². The molecule has 5 heteroatoms. The monoisotopic (exact) mass is 296 g/mol. The number of pyridine rings is 1. The minimum absolute atomic E-state index is 0.309. The van der Waals surface area contributed by atoms with Gasteiger partial charge in [-0.15, -0.1) is 0 Å². The molecule has 0 aliphatic heterocycles. The third kappa shape index (κ3) is 3.60. The first-order valence-corrected chi connectivity index (χ1v) is 6.65. The molecule has 1 aromatic heterocycles. The van der Waals surface area contributed by atoms with Gasteiger partial charge < -0.3 is 10.5 Å². The first kappa shape index (κ1) is 14.1. The topological polar surface area (TPSA) is 48.1 Å². The molecule has 0 saturated heterocycles. The summed E-state index contributed by atoms with van der Waals surface area (Å²) in [6.45, 7) is 2.47. The minimum Gasteiger partial charge on any atom is -0.437 e. The van der Waals surface area contributed by atoms with Crippen LogP contribution in [0.5, 0.6) is 11.6 Å². The zero-order chi connectivity index (χ0) is 13.8. The van der Waals surface area contributed by atoms with Crippen LogP contribution in [0, 0.1) is 6.92 Å². The molecule has 1 heterocycles. The van der Waals surface area contributed by atoms with Gasteiger partial charge in [0.25, 0.3) is 0 Å². The van der Waals surface area contributed by atoms with Gasteiger partial charge in [0.15, 0.2) is 0 Å². The number of nitrogens with zero attached hydrogens (tertiary/aromatic N) is 1. The van der Waals surface area contributed by atoms with E-state index >= 15 is 0 Å². The van der Waals surface area contributed by atoms with Crippen LogP contribution in [0.4, 0.5) is 0 Å². The Balaban J connectivity index is 2.19. The number of ether oxygens (including phenoxy) is 1. The van der Waals surface area contributed by atoms with E-state index in [1.165, 1.54) is 0 Å². The molecule has 100 valence electrons. The van der Waals surface area contributed by atoms with Gasteiger partial charge in [0.2, 0.25) is 5.88 Å². The predicted octanol–water partition coefficient (Wildman–Crippen LogP) is 3.99. The molecule has 0 atom stereocenters. The summed E-state index contributed by atoms with van der Waals surface area (Å²) in [6.07, 6.45) is 0.843. The quantitative estimate of drug-likeness (QED) is 0.868. The highest BCUT2D eigenvalue weighted by Crippen LogP contribution is 2.30. The van der Waals surface area contributed by atoms with E-state index < -0.39 is 0 Å². The number of hydrogen-bond acceptors (Lipinski definition) is 3. The SMILES string of the molecule is Cc1cc(Cl)c(Oc2ccc(CCN)cc2)nc1Cl. The Kier molecular flexibility index (Phi) is 4.64. The van der Waals surface area contributed by atoms with Crippen LogP contribution in [0.2, 0.25) is 10.2 Å². The van der Waals surface area contributed by atoms with Crippen molar-refractivity contribution in [3.05, 3.63) is 51.6 Å². The highest BCUT2D eigenvalue weighted by atomic mass is 35.5. The molecular formula is C14H14Cl2N2O. The molecule has 0 fully saturated rings. The third-order valence-corrected chi connectivity index (χ3v) is 3.30. The van der Waals surface area contributed by atoms with Gasteiger partial charge in [-0.1, -0.05) is 35.3 Å². The number of aryl methyl sites for hydroxylation is 1. The molecule has 1 aromatic carbocycles. The minimum atomic E-state index is 0.309. The lowest BCUT2D eigenvalue weighted by Crippen LogP contribution is -2.02. The Morgan fingerprint density at radius 2 is 1.89 bits per heavy atom. The maximum Gasteiger partial charge on any atom is 0.239 e. The van der Waals surface area contributed by atoms with E-state index in [-0.39, 0.29) is 0 Å². The van der Waals surface area contributed by atoms with E-state index in [9.17, 15) is 0 Å². The molecule has 0 amide bonds. The molecule has 0 aliphatic carbocycles. The number of hydrogen-bond donors (Lipinski definition) is 1. The molecule has 2 aromatic rings. The second-order valence-corrected chi connectivity index (χ2v) is 4.93. The Bertz CT molecular complexity index is 570. The third-order valence-electron chi connectivity index (χ3n) is 2.64. The molecule has 0 radical (unpaired) electrons. The Labute approximate surface area is 122 Å². The first-order valence-electron chi connectivity index (χ1n) is 5.89. The number of benzene rings is 1. The average Bonchev–Trinajstić information content (AvgIpc) is 2.38. The first-order chi connectivity index (χ1) is 9.10. The van der Waals surface area contributed by atoms with Crippen LogP contribution in [0.1, 0.15) is 11.1 Å². The molecule has 0 unspecified atom stereocenters. The van der Waals surface area contributed by atoms with Gasteiger partial charge in [0, 0.05) is 0 Å². The normalized spacial score (nSPS) is 10.5. The lowest BCUT2D eigenvalue weighted by molar-refractivity contribution is 0.463. The molecule has 0 bridgehead atoms. The van der Waals surface area contributed by atoms with Crippen molar-refractivity contribution in [1.82, 2.24) is 4.98 Å². The van der Waals surface area contributed by atoms with E-state index in [2.05, 4.69) is 4.98 Å². The molecule has 3 nitrogen and oxygen atoms in total. The van der Waals surface area contributed by atoms with Crippen LogP contribution >= 0.6 is 23.2 Å². The second kappa shape index (κ2) is 6.24. The van der Waals surface area contributed by atoms with Crippen LogP contribution in [0.25, 0.3) is 0 Å². The molecule has 0 spiro atoms. The van der Waals surface area contributed by atoms with E-state index in [0.29, 0.717) is 28.3 Å². The standard InChI is InChI=1S/C14H14Cl2N2O/c1-9-8-12(15)14(18-13(9)16)19-11-4-2-10(3-5-11)6-7-17/h2-5,8H,6-7,17H2,1H3. The van der Waals surface area contributed by atoms with Crippen LogP contribution < -0.4 is 10.5 Å². The number of rotatable bonds is 4. The largest absolute Gasteiger partial charge is 0.437 e. The highest BCUT2D eigenvalue weighted by Gasteiger charge is 2.08. The van der Waals surface area contributed by atoms with E-state index in [0.717, 1.165) is 17.5 Å². The fourth-order valence-corrected chi connectivity index (χ4v) is 1.99. The van der Waals surface area contributed by atoms with Gasteiger partial charge in [-0.25, -0.2) is 0 Å². The van der Waals surface area contributed by atoms with Crippen molar-refractivity contribution < 1.29 is 4.74 Å². The van der Waals surface area contributed by atoms with Crippen molar-refractivity contribution in [2.45, 2.75) is 13.3 Å². The zero-order valence-corrected chi connectivity index (χ0v) is 12.0. The predicted molar refractivity (Wildman–Crippen MR) is 78.3 cm³/mol.